The lowest BCUT2D eigenvalue weighted by molar-refractivity contribution is 0.0593. The minimum atomic E-state index is -0.562. The number of fused-ring (bicyclic) bond motifs is 1. The summed E-state index contributed by atoms with van der Waals surface area (Å²) in [6, 6.07) is 8.36. The minimum absolute atomic E-state index is 0.142. The second-order valence-corrected chi connectivity index (χ2v) is 5.70. The van der Waals surface area contributed by atoms with E-state index in [1.165, 1.54) is 12.7 Å². The Morgan fingerprint density at radius 1 is 1.52 bits per heavy atom. The molecule has 23 heavy (non-hydrogen) atoms. The third-order valence-electron chi connectivity index (χ3n) is 4.16. The summed E-state index contributed by atoms with van der Waals surface area (Å²) in [4.78, 5) is 12.0. The summed E-state index contributed by atoms with van der Waals surface area (Å²) in [5.41, 5.74) is 9.58. The summed E-state index contributed by atoms with van der Waals surface area (Å²) in [5.74, 6) is -0.562. The van der Waals surface area contributed by atoms with Gasteiger partial charge in [0, 0.05) is 23.6 Å². The number of nitrogens with one attached hydrogen (secondary N) is 1. The molecule has 3 N–H and O–H groups in total. The molecule has 1 atom stereocenters. The SMILES string of the molecule is COC(=O)c1c(N)c(C#N)cn1-c1ccc2c(c1)CCC(C)N2. The molecular formula is C17H18N4O2. The number of nitrogens with two attached hydrogens (primary N) is 1. The van der Waals surface area contributed by atoms with Gasteiger partial charge in [0.2, 0.25) is 0 Å². The van der Waals surface area contributed by atoms with Gasteiger partial charge in [0.1, 0.15) is 6.07 Å². The molecule has 1 aromatic heterocycles. The number of hydrogen-bond acceptors (Lipinski definition) is 5. The Bertz CT molecular complexity index is 817. The Hall–Kier alpha value is -2.94. The van der Waals surface area contributed by atoms with Crippen LogP contribution in [0.3, 0.4) is 0 Å². The van der Waals surface area contributed by atoms with Crippen LogP contribution >= 0.6 is 0 Å². The predicted molar refractivity (Wildman–Crippen MR) is 87.6 cm³/mol. The maximum atomic E-state index is 12.0. The van der Waals surface area contributed by atoms with Crippen LogP contribution in [-0.2, 0) is 11.2 Å². The molecule has 118 valence electrons. The van der Waals surface area contributed by atoms with E-state index in [2.05, 4.69) is 12.2 Å². The Morgan fingerprint density at radius 2 is 2.30 bits per heavy atom. The molecule has 0 aliphatic carbocycles. The van der Waals surface area contributed by atoms with E-state index in [9.17, 15) is 10.1 Å². The van der Waals surface area contributed by atoms with Crippen LogP contribution in [0, 0.1) is 11.3 Å². The van der Waals surface area contributed by atoms with Crippen LogP contribution in [-0.4, -0.2) is 23.7 Å². The average molecular weight is 310 g/mol. The van der Waals surface area contributed by atoms with Crippen LogP contribution in [0.25, 0.3) is 5.69 Å². The number of hydrogen-bond donors (Lipinski definition) is 2. The first kappa shape index (κ1) is 15.0. The summed E-state index contributed by atoms with van der Waals surface area (Å²) in [5, 5.41) is 12.6. The van der Waals surface area contributed by atoms with Gasteiger partial charge in [-0.15, -0.1) is 0 Å². The number of carbonyl (C=O) groups excluding carboxylic acids is 1. The quantitative estimate of drug-likeness (QED) is 0.831. The van der Waals surface area contributed by atoms with Gasteiger partial charge in [-0.25, -0.2) is 4.79 Å². The average Bonchev–Trinajstić information content (AvgIpc) is 2.90. The topological polar surface area (TPSA) is 93.1 Å². The van der Waals surface area contributed by atoms with E-state index in [4.69, 9.17) is 10.5 Å². The van der Waals surface area contributed by atoms with Crippen LogP contribution < -0.4 is 11.1 Å². The minimum Gasteiger partial charge on any atom is -0.464 e. The van der Waals surface area contributed by atoms with Crippen molar-refractivity contribution in [2.75, 3.05) is 18.2 Å². The van der Waals surface area contributed by atoms with Gasteiger partial charge >= 0.3 is 5.97 Å². The number of ether oxygens (including phenoxy) is 1. The number of benzene rings is 1. The lowest BCUT2D eigenvalue weighted by atomic mass is 9.98. The Kier molecular flexibility index (Phi) is 3.70. The number of aryl methyl sites for hydroxylation is 1. The zero-order valence-corrected chi connectivity index (χ0v) is 13.1. The smallest absolute Gasteiger partial charge is 0.357 e. The highest BCUT2D eigenvalue weighted by Gasteiger charge is 2.22. The molecule has 1 aliphatic rings. The summed E-state index contributed by atoms with van der Waals surface area (Å²) < 4.78 is 6.43. The number of aromatic nitrogens is 1. The molecule has 0 spiro atoms. The molecule has 3 rings (SSSR count). The molecule has 1 aromatic carbocycles. The second-order valence-electron chi connectivity index (χ2n) is 5.70. The van der Waals surface area contributed by atoms with Crippen molar-refractivity contribution in [3.63, 3.8) is 0 Å². The first-order valence-corrected chi connectivity index (χ1v) is 7.44. The molecule has 6 nitrogen and oxygen atoms in total. The first-order chi connectivity index (χ1) is 11.0. The molecule has 0 amide bonds. The van der Waals surface area contributed by atoms with Crippen molar-refractivity contribution < 1.29 is 9.53 Å². The number of carbonyl (C=O) groups is 1. The maximum absolute atomic E-state index is 12.0. The van der Waals surface area contributed by atoms with Crippen molar-refractivity contribution >= 4 is 17.3 Å². The van der Waals surface area contributed by atoms with Crippen molar-refractivity contribution in [1.29, 1.82) is 5.26 Å². The van der Waals surface area contributed by atoms with Crippen molar-refractivity contribution in [2.24, 2.45) is 0 Å². The number of rotatable bonds is 2. The first-order valence-electron chi connectivity index (χ1n) is 7.44. The highest BCUT2D eigenvalue weighted by molar-refractivity contribution is 5.96. The Balaban J connectivity index is 2.12. The van der Waals surface area contributed by atoms with E-state index >= 15 is 0 Å². The third-order valence-corrected chi connectivity index (χ3v) is 4.16. The van der Waals surface area contributed by atoms with Crippen LogP contribution in [0.15, 0.2) is 24.4 Å². The van der Waals surface area contributed by atoms with Gasteiger partial charge in [-0.05, 0) is 43.5 Å². The molecule has 0 fully saturated rings. The van der Waals surface area contributed by atoms with Crippen LogP contribution in [0.4, 0.5) is 11.4 Å². The number of nitriles is 1. The number of anilines is 2. The van der Waals surface area contributed by atoms with Crippen LogP contribution in [0.2, 0.25) is 0 Å². The normalized spacial score (nSPS) is 16.1. The number of methoxy groups -OCH3 is 1. The molecule has 0 saturated heterocycles. The van der Waals surface area contributed by atoms with Gasteiger partial charge in [0.05, 0.1) is 18.4 Å². The number of nitrogens with zero attached hydrogens (tertiary/aromatic N) is 2. The van der Waals surface area contributed by atoms with Gasteiger partial charge in [0.15, 0.2) is 5.69 Å². The largest absolute Gasteiger partial charge is 0.464 e. The molecule has 0 radical (unpaired) electrons. The van der Waals surface area contributed by atoms with Gasteiger partial charge in [-0.2, -0.15) is 5.26 Å². The molecule has 6 heteroatoms. The monoisotopic (exact) mass is 310 g/mol. The summed E-state index contributed by atoms with van der Waals surface area (Å²) in [6.07, 6.45) is 3.59. The third kappa shape index (κ3) is 2.50. The lowest BCUT2D eigenvalue weighted by Gasteiger charge is -2.24. The fraction of sp³-hybridized carbons (Fsp3) is 0.294. The van der Waals surface area contributed by atoms with Crippen molar-refractivity contribution in [3.8, 4) is 11.8 Å². The summed E-state index contributed by atoms with van der Waals surface area (Å²) in [6.45, 7) is 2.15. The molecule has 1 aliphatic heterocycles. The van der Waals surface area contributed by atoms with E-state index in [0.29, 0.717) is 6.04 Å². The van der Waals surface area contributed by atoms with Crippen molar-refractivity contribution in [1.82, 2.24) is 4.57 Å². The van der Waals surface area contributed by atoms with Gasteiger partial charge in [0.25, 0.3) is 0 Å². The second kappa shape index (κ2) is 5.69. The molecular weight excluding hydrogens is 292 g/mol. The number of esters is 1. The van der Waals surface area contributed by atoms with Crippen LogP contribution in [0.5, 0.6) is 0 Å². The highest BCUT2D eigenvalue weighted by Crippen LogP contribution is 2.30. The van der Waals surface area contributed by atoms with Gasteiger partial charge < -0.3 is 20.4 Å². The van der Waals surface area contributed by atoms with Gasteiger partial charge in [-0.3, -0.25) is 0 Å². The number of nitrogen functional groups attached to an aromatic ring is 1. The zero-order chi connectivity index (χ0) is 16.6. The van der Waals surface area contributed by atoms with Crippen molar-refractivity contribution in [3.05, 3.63) is 41.2 Å². The standard InChI is InChI=1S/C17H18N4O2/c1-10-3-4-11-7-13(5-6-14(11)20-10)21-9-12(8-18)15(19)16(21)17(22)23-2/h5-7,9-10,20H,3-4,19H2,1-2H3. The van der Waals surface area contributed by atoms with E-state index < -0.39 is 5.97 Å². The predicted octanol–water partition coefficient (Wildman–Crippen LogP) is 2.46. The maximum Gasteiger partial charge on any atom is 0.357 e. The zero-order valence-electron chi connectivity index (χ0n) is 13.1. The fourth-order valence-corrected chi connectivity index (χ4v) is 2.91. The van der Waals surface area contributed by atoms with E-state index in [1.807, 2.05) is 24.3 Å². The molecule has 0 bridgehead atoms. The lowest BCUT2D eigenvalue weighted by Crippen LogP contribution is -2.22. The Morgan fingerprint density at radius 3 is 3.00 bits per heavy atom. The summed E-state index contributed by atoms with van der Waals surface area (Å²) in [7, 11) is 1.29. The van der Waals surface area contributed by atoms with E-state index in [1.54, 1.807) is 10.8 Å². The summed E-state index contributed by atoms with van der Waals surface area (Å²) >= 11 is 0. The fourth-order valence-electron chi connectivity index (χ4n) is 2.91. The molecule has 1 unspecified atom stereocenters. The molecule has 2 aromatic rings. The molecule has 2 heterocycles. The van der Waals surface area contributed by atoms with Crippen LogP contribution in [0.1, 0.15) is 35.0 Å². The van der Waals surface area contributed by atoms with E-state index in [-0.39, 0.29) is 16.9 Å². The van der Waals surface area contributed by atoms with E-state index in [0.717, 1.165) is 24.2 Å². The Labute approximate surface area is 134 Å². The highest BCUT2D eigenvalue weighted by atomic mass is 16.5. The molecule has 0 saturated carbocycles. The van der Waals surface area contributed by atoms with Gasteiger partial charge in [-0.1, -0.05) is 0 Å². The van der Waals surface area contributed by atoms with Crippen molar-refractivity contribution in [2.45, 2.75) is 25.8 Å².